The fourth-order valence-electron chi connectivity index (χ4n) is 2.07. The molecule has 0 aromatic carbocycles. The fraction of sp³-hybridized carbons (Fsp3) is 0.400. The van der Waals surface area contributed by atoms with Crippen LogP contribution in [0.4, 0.5) is 0 Å². The molecule has 0 radical (unpaired) electrons. The molecule has 0 aliphatic rings. The van der Waals surface area contributed by atoms with E-state index < -0.39 is 0 Å². The highest BCUT2D eigenvalue weighted by atomic mass is 79.9. The summed E-state index contributed by atoms with van der Waals surface area (Å²) in [5.74, 6) is 0. The second-order valence-corrected chi connectivity index (χ2v) is 6.35. The Kier molecular flexibility index (Phi) is 5.55. The molecule has 0 aliphatic heterocycles. The monoisotopic (exact) mass is 338 g/mol. The van der Waals surface area contributed by atoms with E-state index in [1.54, 1.807) is 11.3 Å². The quantitative estimate of drug-likeness (QED) is 0.838. The molecule has 0 fully saturated rings. The number of nitrogens with zero attached hydrogens (tertiary/aromatic N) is 1. The van der Waals surface area contributed by atoms with Crippen LogP contribution >= 0.6 is 27.3 Å². The molecule has 0 bridgehead atoms. The smallest absolute Gasteiger partial charge is 0.0423 e. The Morgan fingerprint density at radius 3 is 2.79 bits per heavy atom. The van der Waals surface area contributed by atoms with Crippen LogP contribution in [0.1, 0.15) is 36.2 Å². The van der Waals surface area contributed by atoms with Crippen molar-refractivity contribution in [2.75, 3.05) is 6.54 Å². The molecule has 2 rings (SSSR count). The molecular weight excluding hydrogens is 320 g/mol. The van der Waals surface area contributed by atoms with Gasteiger partial charge in [0.25, 0.3) is 0 Å². The van der Waals surface area contributed by atoms with Crippen LogP contribution in [0.5, 0.6) is 0 Å². The van der Waals surface area contributed by atoms with Crippen molar-refractivity contribution in [2.24, 2.45) is 0 Å². The third kappa shape index (κ3) is 4.13. The van der Waals surface area contributed by atoms with Gasteiger partial charge in [0.05, 0.1) is 0 Å². The highest BCUT2D eigenvalue weighted by Gasteiger charge is 2.15. The third-order valence-corrected chi connectivity index (χ3v) is 4.46. The molecule has 4 heteroatoms. The van der Waals surface area contributed by atoms with E-state index in [4.69, 9.17) is 0 Å². The van der Waals surface area contributed by atoms with Crippen LogP contribution in [-0.2, 0) is 6.42 Å². The SMILES string of the molecule is CCCNC(Cc1ccc(Br)cn1)c1cscc1C. The van der Waals surface area contributed by atoms with Gasteiger partial charge in [0.1, 0.15) is 0 Å². The van der Waals surface area contributed by atoms with E-state index in [9.17, 15) is 0 Å². The zero-order valence-corrected chi connectivity index (χ0v) is 13.7. The van der Waals surface area contributed by atoms with Crippen molar-refractivity contribution >= 4 is 27.3 Å². The Balaban J connectivity index is 2.14. The van der Waals surface area contributed by atoms with Crippen molar-refractivity contribution in [3.63, 3.8) is 0 Å². The minimum Gasteiger partial charge on any atom is -0.310 e. The van der Waals surface area contributed by atoms with Gasteiger partial charge in [-0.15, -0.1) is 0 Å². The van der Waals surface area contributed by atoms with Gasteiger partial charge >= 0.3 is 0 Å². The van der Waals surface area contributed by atoms with E-state index in [-0.39, 0.29) is 0 Å². The fourth-order valence-corrected chi connectivity index (χ4v) is 3.21. The predicted octanol–water partition coefficient (Wildman–Crippen LogP) is 4.50. The number of nitrogens with one attached hydrogen (secondary N) is 1. The standard InChI is InChI=1S/C15H19BrN2S/c1-3-6-17-15(14-10-19-9-11(14)2)7-13-5-4-12(16)8-18-13/h4-5,8-10,15,17H,3,6-7H2,1-2H3. The van der Waals surface area contributed by atoms with Gasteiger partial charge in [-0.25, -0.2) is 0 Å². The van der Waals surface area contributed by atoms with Crippen molar-refractivity contribution in [1.29, 1.82) is 0 Å². The number of aromatic nitrogens is 1. The van der Waals surface area contributed by atoms with Crippen molar-refractivity contribution in [2.45, 2.75) is 32.7 Å². The molecule has 0 saturated heterocycles. The van der Waals surface area contributed by atoms with Crippen LogP contribution in [0.3, 0.4) is 0 Å². The Hall–Kier alpha value is -0.710. The highest BCUT2D eigenvalue weighted by molar-refractivity contribution is 9.10. The molecule has 1 atom stereocenters. The molecule has 2 aromatic heterocycles. The lowest BCUT2D eigenvalue weighted by Crippen LogP contribution is -2.24. The first-order valence-electron chi connectivity index (χ1n) is 6.57. The minimum atomic E-state index is 0.361. The summed E-state index contributed by atoms with van der Waals surface area (Å²) in [7, 11) is 0. The average molecular weight is 339 g/mol. The summed E-state index contributed by atoms with van der Waals surface area (Å²) in [5.41, 5.74) is 3.90. The van der Waals surface area contributed by atoms with Gasteiger partial charge in [-0.05, 0) is 69.8 Å². The molecule has 2 aromatic rings. The Labute approximate surface area is 127 Å². The second-order valence-electron chi connectivity index (χ2n) is 4.69. The molecule has 0 aliphatic carbocycles. The first kappa shape index (κ1) is 14.7. The molecule has 0 amide bonds. The van der Waals surface area contributed by atoms with Gasteiger partial charge in [-0.2, -0.15) is 11.3 Å². The number of hydrogen-bond acceptors (Lipinski definition) is 3. The normalized spacial score (nSPS) is 12.6. The molecule has 1 unspecified atom stereocenters. The first-order valence-corrected chi connectivity index (χ1v) is 8.30. The molecule has 0 spiro atoms. The molecule has 102 valence electrons. The molecular formula is C15H19BrN2S. The maximum atomic E-state index is 4.48. The summed E-state index contributed by atoms with van der Waals surface area (Å²) >= 11 is 5.20. The first-order chi connectivity index (χ1) is 9.20. The lowest BCUT2D eigenvalue weighted by atomic mass is 10.0. The second kappa shape index (κ2) is 7.17. The van der Waals surface area contributed by atoms with Crippen molar-refractivity contribution in [1.82, 2.24) is 10.3 Å². The van der Waals surface area contributed by atoms with Crippen LogP contribution in [0.15, 0.2) is 33.6 Å². The van der Waals surface area contributed by atoms with Gasteiger partial charge in [0.2, 0.25) is 0 Å². The van der Waals surface area contributed by atoms with Crippen LogP contribution in [-0.4, -0.2) is 11.5 Å². The van der Waals surface area contributed by atoms with Crippen LogP contribution in [0.25, 0.3) is 0 Å². The van der Waals surface area contributed by atoms with E-state index in [0.717, 1.165) is 29.6 Å². The van der Waals surface area contributed by atoms with Crippen LogP contribution in [0, 0.1) is 6.92 Å². The van der Waals surface area contributed by atoms with Gasteiger partial charge in [-0.1, -0.05) is 6.92 Å². The van der Waals surface area contributed by atoms with E-state index in [1.807, 2.05) is 6.20 Å². The summed E-state index contributed by atoms with van der Waals surface area (Å²) in [4.78, 5) is 4.48. The molecule has 19 heavy (non-hydrogen) atoms. The van der Waals surface area contributed by atoms with Gasteiger partial charge in [0, 0.05) is 28.8 Å². The number of rotatable bonds is 6. The highest BCUT2D eigenvalue weighted by Crippen LogP contribution is 2.24. The lowest BCUT2D eigenvalue weighted by molar-refractivity contribution is 0.524. The minimum absolute atomic E-state index is 0.361. The van der Waals surface area contributed by atoms with Crippen molar-refractivity contribution < 1.29 is 0 Å². The summed E-state index contributed by atoms with van der Waals surface area (Å²) in [6, 6.07) is 4.51. The molecule has 1 N–H and O–H groups in total. The van der Waals surface area contributed by atoms with E-state index in [1.165, 1.54) is 11.1 Å². The van der Waals surface area contributed by atoms with E-state index >= 15 is 0 Å². The maximum absolute atomic E-state index is 4.48. The predicted molar refractivity (Wildman–Crippen MR) is 85.7 cm³/mol. The summed E-state index contributed by atoms with van der Waals surface area (Å²) < 4.78 is 1.03. The zero-order valence-electron chi connectivity index (χ0n) is 11.3. The van der Waals surface area contributed by atoms with E-state index in [2.05, 4.69) is 63.0 Å². The lowest BCUT2D eigenvalue weighted by Gasteiger charge is -2.18. The van der Waals surface area contributed by atoms with Gasteiger partial charge < -0.3 is 5.32 Å². The number of aryl methyl sites for hydroxylation is 1. The zero-order chi connectivity index (χ0) is 13.7. The van der Waals surface area contributed by atoms with E-state index in [0.29, 0.717) is 6.04 Å². The Morgan fingerprint density at radius 1 is 1.37 bits per heavy atom. The van der Waals surface area contributed by atoms with Crippen molar-refractivity contribution in [3.05, 3.63) is 50.4 Å². The number of pyridine rings is 1. The molecule has 0 saturated carbocycles. The number of hydrogen-bond donors (Lipinski definition) is 1. The van der Waals surface area contributed by atoms with Gasteiger partial charge in [-0.3, -0.25) is 4.98 Å². The maximum Gasteiger partial charge on any atom is 0.0423 e. The Morgan fingerprint density at radius 2 is 2.21 bits per heavy atom. The Bertz CT molecular complexity index is 507. The summed E-state index contributed by atoms with van der Waals surface area (Å²) in [6.07, 6.45) is 3.95. The number of halogens is 1. The van der Waals surface area contributed by atoms with Crippen molar-refractivity contribution in [3.8, 4) is 0 Å². The summed E-state index contributed by atoms with van der Waals surface area (Å²) in [5, 5.41) is 8.10. The van der Waals surface area contributed by atoms with Gasteiger partial charge in [0.15, 0.2) is 0 Å². The van der Waals surface area contributed by atoms with Crippen LogP contribution < -0.4 is 5.32 Å². The molecule has 2 nitrogen and oxygen atoms in total. The molecule has 2 heterocycles. The largest absolute Gasteiger partial charge is 0.310 e. The summed E-state index contributed by atoms with van der Waals surface area (Å²) in [6.45, 7) is 5.42. The third-order valence-electron chi connectivity index (χ3n) is 3.11. The number of thiophene rings is 1. The topological polar surface area (TPSA) is 24.9 Å². The van der Waals surface area contributed by atoms with Crippen LogP contribution in [0.2, 0.25) is 0 Å². The average Bonchev–Trinajstić information content (AvgIpc) is 2.83.